The van der Waals surface area contributed by atoms with E-state index in [0.717, 1.165) is 28.9 Å². The van der Waals surface area contributed by atoms with E-state index in [2.05, 4.69) is 39.7 Å². The molecule has 0 bridgehead atoms. The Kier molecular flexibility index (Phi) is 7.37. The van der Waals surface area contributed by atoms with Gasteiger partial charge in [0, 0.05) is 25.0 Å². The van der Waals surface area contributed by atoms with E-state index in [1.165, 1.54) is 17.3 Å². The van der Waals surface area contributed by atoms with Gasteiger partial charge < -0.3 is 14.6 Å². The van der Waals surface area contributed by atoms with Crippen molar-refractivity contribution in [1.82, 2.24) is 24.5 Å². The minimum Gasteiger partial charge on any atom is -0.476 e. The topological polar surface area (TPSA) is 86.9 Å². The van der Waals surface area contributed by atoms with Crippen LogP contribution in [-0.2, 0) is 17.9 Å². The van der Waals surface area contributed by atoms with Crippen LogP contribution in [0.2, 0.25) is 0 Å². The number of hydrogen-bond acceptors (Lipinski definition) is 6. The highest BCUT2D eigenvalue weighted by Crippen LogP contribution is 2.30. The van der Waals surface area contributed by atoms with E-state index in [-0.39, 0.29) is 11.7 Å². The van der Waals surface area contributed by atoms with E-state index in [4.69, 9.17) is 4.74 Å². The number of benzene rings is 1. The van der Waals surface area contributed by atoms with Gasteiger partial charge in [-0.3, -0.25) is 9.48 Å². The molecule has 0 unspecified atom stereocenters. The fourth-order valence-electron chi connectivity index (χ4n) is 3.52. The molecule has 0 atom stereocenters. The Bertz CT molecular complexity index is 1050. The second kappa shape index (κ2) is 10.00. The van der Waals surface area contributed by atoms with Gasteiger partial charge in [-0.1, -0.05) is 29.5 Å². The number of anilines is 1. The lowest BCUT2D eigenvalue weighted by atomic mass is 10.1. The van der Waals surface area contributed by atoms with Gasteiger partial charge in [-0.15, -0.1) is 15.3 Å². The maximum atomic E-state index is 12.6. The van der Waals surface area contributed by atoms with E-state index in [1.54, 1.807) is 0 Å². The van der Waals surface area contributed by atoms with E-state index in [9.17, 15) is 4.79 Å². The molecule has 0 radical (unpaired) electrons. The van der Waals surface area contributed by atoms with Crippen LogP contribution >= 0.6 is 11.8 Å². The summed E-state index contributed by atoms with van der Waals surface area (Å²) in [6.45, 7) is 14.0. The molecule has 2 heterocycles. The molecule has 9 heteroatoms. The summed E-state index contributed by atoms with van der Waals surface area (Å²) < 4.78 is 9.50. The summed E-state index contributed by atoms with van der Waals surface area (Å²) in [4.78, 5) is 12.6. The molecule has 0 saturated heterocycles. The first-order valence-electron chi connectivity index (χ1n) is 10.5. The summed E-state index contributed by atoms with van der Waals surface area (Å²) >= 11 is 1.37. The highest BCUT2D eigenvalue weighted by Gasteiger charge is 2.21. The number of nitrogens with zero attached hydrogens (tertiary/aromatic N) is 5. The number of thioether (sulfide) groups is 1. The van der Waals surface area contributed by atoms with E-state index in [1.807, 2.05) is 50.1 Å². The summed E-state index contributed by atoms with van der Waals surface area (Å²) in [5.74, 6) is 1.42. The molecule has 2 aromatic heterocycles. The van der Waals surface area contributed by atoms with Gasteiger partial charge in [-0.2, -0.15) is 0 Å². The van der Waals surface area contributed by atoms with Crippen LogP contribution in [-0.4, -0.2) is 42.8 Å². The number of nitrogens with one attached hydrogen (secondary N) is 1. The molecule has 0 fully saturated rings. The summed E-state index contributed by atoms with van der Waals surface area (Å²) in [7, 11) is 0. The highest BCUT2D eigenvalue weighted by atomic mass is 32.2. The number of hydrogen-bond donors (Lipinski definition) is 1. The molecule has 8 nitrogen and oxygen atoms in total. The van der Waals surface area contributed by atoms with Crippen molar-refractivity contribution in [3.05, 3.63) is 35.0 Å². The Morgan fingerprint density at radius 3 is 2.42 bits per heavy atom. The van der Waals surface area contributed by atoms with Crippen LogP contribution in [0.4, 0.5) is 5.69 Å². The first-order valence-corrected chi connectivity index (χ1v) is 11.5. The van der Waals surface area contributed by atoms with Gasteiger partial charge in [0.25, 0.3) is 0 Å². The molecule has 166 valence electrons. The summed E-state index contributed by atoms with van der Waals surface area (Å²) in [6.07, 6.45) is 1.92. The molecule has 1 aromatic carbocycles. The Morgan fingerprint density at radius 1 is 1.10 bits per heavy atom. The second-order valence-electron chi connectivity index (χ2n) is 7.30. The smallest absolute Gasteiger partial charge is 0.243 e. The number of aryl methyl sites for hydroxylation is 4. The number of aromatic nitrogens is 5. The fourth-order valence-corrected chi connectivity index (χ4v) is 4.33. The van der Waals surface area contributed by atoms with Crippen molar-refractivity contribution < 1.29 is 9.53 Å². The average Bonchev–Trinajstić information content (AvgIpc) is 3.32. The monoisotopic (exact) mass is 442 g/mol. The van der Waals surface area contributed by atoms with Gasteiger partial charge in [0.15, 0.2) is 11.0 Å². The van der Waals surface area contributed by atoms with Crippen LogP contribution in [0.3, 0.4) is 0 Å². The third-order valence-corrected chi connectivity index (χ3v) is 5.85. The first-order chi connectivity index (χ1) is 14.9. The van der Waals surface area contributed by atoms with E-state index >= 15 is 0 Å². The molecule has 1 amide bonds. The van der Waals surface area contributed by atoms with Gasteiger partial charge in [-0.05, 0) is 52.7 Å². The Balaban J connectivity index is 1.76. The highest BCUT2D eigenvalue weighted by molar-refractivity contribution is 7.99. The second-order valence-corrected chi connectivity index (χ2v) is 8.24. The molecule has 31 heavy (non-hydrogen) atoms. The standard InChI is InChI=1S/C22H30N6O2S/c1-7-27-12-17(21(26-27)30-9-3)20-24-25-22(28(20)8-2)31-13-18(29)23-19-15(5)10-14(4)11-16(19)6/h10-12H,7-9,13H2,1-6H3,(H,23,29). The number of amides is 1. The largest absolute Gasteiger partial charge is 0.476 e. The molecule has 1 N–H and O–H groups in total. The molecule has 3 rings (SSSR count). The first kappa shape index (κ1) is 22.9. The number of carbonyl (C=O) groups excluding carboxylic acids is 1. The van der Waals surface area contributed by atoms with Gasteiger partial charge in [0.2, 0.25) is 11.8 Å². The van der Waals surface area contributed by atoms with Gasteiger partial charge in [-0.25, -0.2) is 0 Å². The van der Waals surface area contributed by atoms with E-state index < -0.39 is 0 Å². The summed E-state index contributed by atoms with van der Waals surface area (Å²) in [5, 5.41) is 16.9. The van der Waals surface area contributed by atoms with Crippen molar-refractivity contribution in [2.75, 3.05) is 17.7 Å². The molecule has 0 spiro atoms. The Morgan fingerprint density at radius 2 is 1.81 bits per heavy atom. The SMILES string of the molecule is CCOc1nn(CC)cc1-c1nnc(SCC(=O)Nc2c(C)cc(C)cc2C)n1CC. The predicted octanol–water partition coefficient (Wildman–Crippen LogP) is 4.24. The van der Waals surface area contributed by atoms with Crippen LogP contribution in [0.25, 0.3) is 11.4 Å². The Labute approximate surface area is 187 Å². The molecule has 0 aliphatic carbocycles. The lowest BCUT2D eigenvalue weighted by Crippen LogP contribution is -2.16. The Hall–Kier alpha value is -2.81. The quantitative estimate of drug-likeness (QED) is 0.499. The van der Waals surface area contributed by atoms with Gasteiger partial charge in [0.05, 0.1) is 12.4 Å². The maximum absolute atomic E-state index is 12.6. The normalized spacial score (nSPS) is 11.0. The third-order valence-electron chi connectivity index (χ3n) is 4.88. The van der Waals surface area contributed by atoms with Gasteiger partial charge in [0.1, 0.15) is 5.56 Å². The molecular weight excluding hydrogens is 412 g/mol. The maximum Gasteiger partial charge on any atom is 0.243 e. The zero-order valence-corrected chi connectivity index (χ0v) is 19.8. The van der Waals surface area contributed by atoms with E-state index in [0.29, 0.717) is 30.0 Å². The molecule has 0 aliphatic heterocycles. The molecule has 0 aliphatic rings. The number of ether oxygens (including phenoxy) is 1. The van der Waals surface area contributed by atoms with Crippen LogP contribution in [0.15, 0.2) is 23.5 Å². The van der Waals surface area contributed by atoms with Crippen molar-refractivity contribution in [3.8, 4) is 17.3 Å². The van der Waals surface area contributed by atoms with Crippen molar-refractivity contribution in [2.45, 2.75) is 59.8 Å². The predicted molar refractivity (Wildman–Crippen MR) is 124 cm³/mol. The molecule has 0 saturated carbocycles. The average molecular weight is 443 g/mol. The number of rotatable bonds is 9. The molecule has 3 aromatic rings. The lowest BCUT2D eigenvalue weighted by Gasteiger charge is -2.13. The van der Waals surface area contributed by atoms with Crippen LogP contribution in [0, 0.1) is 20.8 Å². The summed E-state index contributed by atoms with van der Waals surface area (Å²) in [5.41, 5.74) is 4.99. The zero-order valence-electron chi connectivity index (χ0n) is 19.0. The minimum absolute atomic E-state index is 0.0685. The minimum atomic E-state index is -0.0685. The van der Waals surface area contributed by atoms with Crippen LogP contribution in [0.1, 0.15) is 37.5 Å². The third kappa shape index (κ3) is 5.10. The fraction of sp³-hybridized carbons (Fsp3) is 0.455. The lowest BCUT2D eigenvalue weighted by molar-refractivity contribution is -0.113. The zero-order chi connectivity index (χ0) is 22.5. The van der Waals surface area contributed by atoms with Gasteiger partial charge >= 0.3 is 0 Å². The van der Waals surface area contributed by atoms with Crippen LogP contribution < -0.4 is 10.1 Å². The van der Waals surface area contributed by atoms with Crippen molar-refractivity contribution in [2.24, 2.45) is 0 Å². The number of carbonyl (C=O) groups is 1. The summed E-state index contributed by atoms with van der Waals surface area (Å²) in [6, 6.07) is 4.14. The van der Waals surface area contributed by atoms with Crippen molar-refractivity contribution in [1.29, 1.82) is 0 Å². The van der Waals surface area contributed by atoms with Crippen LogP contribution in [0.5, 0.6) is 5.88 Å². The van der Waals surface area contributed by atoms with Crippen molar-refractivity contribution >= 4 is 23.4 Å². The van der Waals surface area contributed by atoms with Crippen molar-refractivity contribution in [3.63, 3.8) is 0 Å². The molecular formula is C22H30N6O2S.